The lowest BCUT2D eigenvalue weighted by Crippen LogP contribution is -2.29. The summed E-state index contributed by atoms with van der Waals surface area (Å²) in [5.74, 6) is 5.38. The molecule has 0 bridgehead atoms. The third kappa shape index (κ3) is 3.25. The van der Waals surface area contributed by atoms with E-state index in [-0.39, 0.29) is 17.7 Å². The standard InChI is InChI=1S/C11H17F3N4/c1-4-7(2)18(3)10-6-8(11(12,13)14)5-9(16-10)17-15/h5-7H,4,15H2,1-3H3,(H,16,17). The molecule has 0 aliphatic heterocycles. The van der Waals surface area contributed by atoms with Crippen molar-refractivity contribution in [2.45, 2.75) is 32.5 Å². The Hall–Kier alpha value is -1.50. The molecular weight excluding hydrogens is 245 g/mol. The summed E-state index contributed by atoms with van der Waals surface area (Å²) >= 11 is 0. The van der Waals surface area contributed by atoms with Gasteiger partial charge >= 0.3 is 6.18 Å². The van der Waals surface area contributed by atoms with Crippen molar-refractivity contribution in [2.75, 3.05) is 17.4 Å². The highest BCUT2D eigenvalue weighted by Crippen LogP contribution is 2.32. The molecule has 102 valence electrons. The summed E-state index contributed by atoms with van der Waals surface area (Å²) < 4.78 is 38.1. The largest absolute Gasteiger partial charge is 0.416 e. The van der Waals surface area contributed by atoms with Crippen molar-refractivity contribution in [1.82, 2.24) is 4.98 Å². The van der Waals surface area contributed by atoms with Gasteiger partial charge in [0.2, 0.25) is 0 Å². The molecule has 3 N–H and O–H groups in total. The van der Waals surface area contributed by atoms with E-state index in [1.54, 1.807) is 11.9 Å². The maximum atomic E-state index is 12.7. The summed E-state index contributed by atoms with van der Waals surface area (Å²) in [7, 11) is 1.71. The van der Waals surface area contributed by atoms with Crippen molar-refractivity contribution in [1.29, 1.82) is 0 Å². The van der Waals surface area contributed by atoms with Gasteiger partial charge in [-0.2, -0.15) is 13.2 Å². The van der Waals surface area contributed by atoms with Crippen LogP contribution in [0.1, 0.15) is 25.8 Å². The number of anilines is 2. The number of pyridine rings is 1. The highest BCUT2D eigenvalue weighted by atomic mass is 19.4. The van der Waals surface area contributed by atoms with E-state index in [4.69, 9.17) is 5.84 Å². The molecule has 0 aliphatic carbocycles. The summed E-state index contributed by atoms with van der Waals surface area (Å²) in [6, 6.07) is 1.99. The molecule has 7 heteroatoms. The zero-order valence-corrected chi connectivity index (χ0v) is 10.5. The zero-order valence-electron chi connectivity index (χ0n) is 10.5. The molecule has 0 spiro atoms. The normalized spacial score (nSPS) is 13.3. The van der Waals surface area contributed by atoms with Crippen LogP contribution in [0.15, 0.2) is 12.1 Å². The topological polar surface area (TPSA) is 54.2 Å². The Labute approximate surface area is 104 Å². The minimum absolute atomic E-state index is 0.00465. The number of nitrogens with zero attached hydrogens (tertiary/aromatic N) is 2. The third-order valence-corrected chi connectivity index (χ3v) is 2.90. The van der Waals surface area contributed by atoms with Crippen LogP contribution in [0.3, 0.4) is 0 Å². The van der Waals surface area contributed by atoms with Gasteiger partial charge < -0.3 is 10.3 Å². The Bertz CT molecular complexity index is 406. The second kappa shape index (κ2) is 5.43. The van der Waals surface area contributed by atoms with E-state index in [0.717, 1.165) is 18.6 Å². The van der Waals surface area contributed by atoms with Crippen LogP contribution in [0.5, 0.6) is 0 Å². The smallest absolute Gasteiger partial charge is 0.357 e. The lowest BCUT2D eigenvalue weighted by Gasteiger charge is -2.26. The highest BCUT2D eigenvalue weighted by molar-refractivity contribution is 5.50. The van der Waals surface area contributed by atoms with Crippen molar-refractivity contribution < 1.29 is 13.2 Å². The molecule has 1 atom stereocenters. The number of nitrogens with two attached hydrogens (primary N) is 1. The molecular formula is C11H17F3N4. The van der Waals surface area contributed by atoms with Crippen LogP contribution in [-0.4, -0.2) is 18.1 Å². The Balaban J connectivity index is 3.20. The average molecular weight is 262 g/mol. The van der Waals surface area contributed by atoms with Crippen molar-refractivity contribution >= 4 is 11.6 Å². The zero-order chi connectivity index (χ0) is 13.9. The Kier molecular flexibility index (Phi) is 4.39. The number of aromatic nitrogens is 1. The second-order valence-electron chi connectivity index (χ2n) is 4.11. The van der Waals surface area contributed by atoms with Crippen LogP contribution in [0, 0.1) is 0 Å². The molecule has 1 rings (SSSR count). The summed E-state index contributed by atoms with van der Waals surface area (Å²) in [4.78, 5) is 5.71. The molecule has 4 nitrogen and oxygen atoms in total. The van der Waals surface area contributed by atoms with Gasteiger partial charge in [0.15, 0.2) is 0 Å². The molecule has 1 aromatic heterocycles. The van der Waals surface area contributed by atoms with Gasteiger partial charge in [0, 0.05) is 13.1 Å². The molecule has 0 aliphatic rings. The number of rotatable bonds is 4. The fourth-order valence-corrected chi connectivity index (χ4v) is 1.43. The number of alkyl halides is 3. The van der Waals surface area contributed by atoms with Crippen LogP contribution in [0.2, 0.25) is 0 Å². The van der Waals surface area contributed by atoms with E-state index in [1.165, 1.54) is 0 Å². The first-order valence-electron chi connectivity index (χ1n) is 5.58. The summed E-state index contributed by atoms with van der Waals surface area (Å²) in [6.45, 7) is 3.87. The maximum Gasteiger partial charge on any atom is 0.416 e. The SMILES string of the molecule is CCC(C)N(C)c1cc(C(F)(F)F)cc(NN)n1. The number of hydrogen-bond acceptors (Lipinski definition) is 4. The van der Waals surface area contributed by atoms with Crippen LogP contribution < -0.4 is 16.2 Å². The molecule has 0 radical (unpaired) electrons. The van der Waals surface area contributed by atoms with Gasteiger partial charge in [-0.1, -0.05) is 6.92 Å². The fraction of sp³-hybridized carbons (Fsp3) is 0.545. The Morgan fingerprint density at radius 1 is 1.44 bits per heavy atom. The predicted molar refractivity (Wildman–Crippen MR) is 65.2 cm³/mol. The van der Waals surface area contributed by atoms with E-state index >= 15 is 0 Å². The van der Waals surface area contributed by atoms with Crippen molar-refractivity contribution in [3.8, 4) is 0 Å². The number of nitrogens with one attached hydrogen (secondary N) is 1. The van der Waals surface area contributed by atoms with Crippen molar-refractivity contribution in [3.05, 3.63) is 17.7 Å². The summed E-state index contributed by atoms with van der Waals surface area (Å²) in [6.07, 6.45) is -3.61. The molecule has 0 saturated carbocycles. The first-order valence-corrected chi connectivity index (χ1v) is 5.58. The van der Waals surface area contributed by atoms with Gasteiger partial charge in [-0.15, -0.1) is 0 Å². The Morgan fingerprint density at radius 2 is 2.06 bits per heavy atom. The molecule has 1 aromatic rings. The van der Waals surface area contributed by atoms with Gasteiger partial charge in [-0.3, -0.25) is 0 Å². The minimum Gasteiger partial charge on any atom is -0.357 e. The molecule has 18 heavy (non-hydrogen) atoms. The van der Waals surface area contributed by atoms with Crippen LogP contribution in [0.4, 0.5) is 24.8 Å². The molecule has 0 amide bonds. The summed E-state index contributed by atoms with van der Waals surface area (Å²) in [5, 5.41) is 0. The molecule has 1 heterocycles. The van der Waals surface area contributed by atoms with Crippen LogP contribution in [-0.2, 0) is 6.18 Å². The number of halogens is 3. The fourth-order valence-electron chi connectivity index (χ4n) is 1.43. The third-order valence-electron chi connectivity index (χ3n) is 2.90. The number of hydrogen-bond donors (Lipinski definition) is 2. The number of hydrazine groups is 1. The van der Waals surface area contributed by atoms with E-state index in [0.29, 0.717) is 0 Å². The Morgan fingerprint density at radius 3 is 2.50 bits per heavy atom. The van der Waals surface area contributed by atoms with Crippen LogP contribution >= 0.6 is 0 Å². The molecule has 1 unspecified atom stereocenters. The van der Waals surface area contributed by atoms with Gasteiger partial charge in [0.05, 0.1) is 5.56 Å². The van der Waals surface area contributed by atoms with E-state index in [9.17, 15) is 13.2 Å². The molecule has 0 fully saturated rings. The van der Waals surface area contributed by atoms with Gasteiger partial charge in [-0.05, 0) is 25.5 Å². The second-order valence-corrected chi connectivity index (χ2v) is 4.11. The van der Waals surface area contributed by atoms with Gasteiger partial charge in [0.25, 0.3) is 0 Å². The summed E-state index contributed by atoms with van der Waals surface area (Å²) in [5.41, 5.74) is 1.39. The molecule has 0 aromatic carbocycles. The predicted octanol–water partition coefficient (Wildman–Crippen LogP) is 2.62. The quantitative estimate of drug-likeness (QED) is 0.647. The maximum absolute atomic E-state index is 12.7. The monoisotopic (exact) mass is 262 g/mol. The lowest BCUT2D eigenvalue weighted by molar-refractivity contribution is -0.137. The molecule has 0 saturated heterocycles. The van der Waals surface area contributed by atoms with E-state index in [1.807, 2.05) is 13.8 Å². The number of nitrogen functional groups attached to an aromatic ring is 1. The van der Waals surface area contributed by atoms with Crippen molar-refractivity contribution in [3.63, 3.8) is 0 Å². The minimum atomic E-state index is -4.42. The van der Waals surface area contributed by atoms with Crippen molar-refractivity contribution in [2.24, 2.45) is 5.84 Å². The van der Waals surface area contributed by atoms with Gasteiger partial charge in [-0.25, -0.2) is 10.8 Å². The van der Waals surface area contributed by atoms with E-state index < -0.39 is 11.7 Å². The lowest BCUT2D eigenvalue weighted by atomic mass is 10.2. The first-order chi connectivity index (χ1) is 8.29. The van der Waals surface area contributed by atoms with E-state index in [2.05, 4.69) is 10.4 Å². The first kappa shape index (κ1) is 14.6. The van der Waals surface area contributed by atoms with Gasteiger partial charge in [0.1, 0.15) is 11.6 Å². The highest BCUT2D eigenvalue weighted by Gasteiger charge is 2.32. The average Bonchev–Trinajstić information content (AvgIpc) is 2.35. The van der Waals surface area contributed by atoms with Crippen LogP contribution in [0.25, 0.3) is 0 Å².